The van der Waals surface area contributed by atoms with Crippen LogP contribution in [-0.2, 0) is 0 Å². The minimum Gasteiger partial charge on any atom is -0.334 e. The Kier molecular flexibility index (Phi) is 4.46. The summed E-state index contributed by atoms with van der Waals surface area (Å²) in [7, 11) is 0. The monoisotopic (exact) mass is 299 g/mol. The summed E-state index contributed by atoms with van der Waals surface area (Å²) in [5.41, 5.74) is -1.77. The average molecular weight is 299 g/mol. The van der Waals surface area contributed by atoms with E-state index in [2.05, 4.69) is 5.32 Å². The van der Waals surface area contributed by atoms with Gasteiger partial charge < -0.3 is 10.2 Å². The topological polar surface area (TPSA) is 75.5 Å². The van der Waals surface area contributed by atoms with E-state index in [9.17, 15) is 23.7 Å². The van der Waals surface area contributed by atoms with Crippen LogP contribution in [0.1, 0.15) is 23.7 Å². The number of amides is 1. The Hall–Kier alpha value is -2.09. The minimum atomic E-state index is -1.42. The first-order valence-electron chi connectivity index (χ1n) is 6.61. The number of carbonyl (C=O) groups is 1. The minimum absolute atomic E-state index is 0.166. The average Bonchev–Trinajstić information content (AvgIpc) is 2.93. The highest BCUT2D eigenvalue weighted by molar-refractivity contribution is 5.95. The number of rotatable bonds is 4. The van der Waals surface area contributed by atoms with Crippen molar-refractivity contribution in [1.29, 1.82) is 0 Å². The zero-order chi connectivity index (χ0) is 15.6. The molecule has 1 fully saturated rings. The Balaban J connectivity index is 2.41. The van der Waals surface area contributed by atoms with Gasteiger partial charge in [0.15, 0.2) is 0 Å². The summed E-state index contributed by atoms with van der Waals surface area (Å²) in [6.07, 6.45) is 0.678. The molecule has 1 atom stereocenters. The molecule has 1 aliphatic heterocycles. The molecule has 1 saturated heterocycles. The van der Waals surface area contributed by atoms with Gasteiger partial charge in [0.1, 0.15) is 11.4 Å². The van der Waals surface area contributed by atoms with E-state index in [0.717, 1.165) is 12.1 Å². The molecule has 6 nitrogen and oxygen atoms in total. The molecule has 0 bridgehead atoms. The van der Waals surface area contributed by atoms with Crippen molar-refractivity contribution in [2.75, 3.05) is 19.6 Å². The summed E-state index contributed by atoms with van der Waals surface area (Å²) >= 11 is 0. The molecule has 8 heteroatoms. The van der Waals surface area contributed by atoms with Crippen molar-refractivity contribution < 1.29 is 18.5 Å². The molecule has 0 spiro atoms. The summed E-state index contributed by atoms with van der Waals surface area (Å²) in [6, 6.07) is 1.30. The summed E-state index contributed by atoms with van der Waals surface area (Å²) in [5, 5.41) is 13.8. The van der Waals surface area contributed by atoms with Crippen molar-refractivity contribution in [2.45, 2.75) is 19.4 Å². The van der Waals surface area contributed by atoms with E-state index < -0.39 is 33.7 Å². The summed E-state index contributed by atoms with van der Waals surface area (Å²) in [4.78, 5) is 23.5. The highest BCUT2D eigenvalue weighted by Crippen LogP contribution is 2.25. The predicted molar refractivity (Wildman–Crippen MR) is 71.0 cm³/mol. The van der Waals surface area contributed by atoms with E-state index in [-0.39, 0.29) is 12.6 Å². The van der Waals surface area contributed by atoms with E-state index in [0.29, 0.717) is 19.5 Å². The van der Waals surface area contributed by atoms with Gasteiger partial charge in [0.05, 0.1) is 4.92 Å². The number of carbonyl (C=O) groups excluding carboxylic acids is 1. The van der Waals surface area contributed by atoms with Gasteiger partial charge in [0, 0.05) is 25.2 Å². The lowest BCUT2D eigenvalue weighted by molar-refractivity contribution is -0.387. The molecule has 2 rings (SSSR count). The van der Waals surface area contributed by atoms with Crippen molar-refractivity contribution in [2.24, 2.45) is 0 Å². The quantitative estimate of drug-likeness (QED) is 0.678. The highest BCUT2D eigenvalue weighted by Gasteiger charge is 2.32. The molecule has 1 aliphatic rings. The number of halogens is 2. The molecule has 0 saturated carbocycles. The Morgan fingerprint density at radius 2 is 2.24 bits per heavy atom. The third-order valence-corrected chi connectivity index (χ3v) is 3.56. The van der Waals surface area contributed by atoms with Crippen LogP contribution in [0.25, 0.3) is 0 Å². The van der Waals surface area contributed by atoms with Gasteiger partial charge in [-0.1, -0.05) is 0 Å². The van der Waals surface area contributed by atoms with Crippen LogP contribution < -0.4 is 5.32 Å². The number of benzene rings is 1. The van der Waals surface area contributed by atoms with Gasteiger partial charge in [-0.05, 0) is 26.0 Å². The van der Waals surface area contributed by atoms with Crippen molar-refractivity contribution >= 4 is 11.6 Å². The first-order valence-corrected chi connectivity index (χ1v) is 6.61. The molecule has 1 N–H and O–H groups in total. The van der Waals surface area contributed by atoms with Crippen LogP contribution in [0.15, 0.2) is 12.1 Å². The van der Waals surface area contributed by atoms with Crippen LogP contribution in [0.2, 0.25) is 0 Å². The second-order valence-electron chi connectivity index (χ2n) is 4.75. The fourth-order valence-electron chi connectivity index (χ4n) is 2.50. The van der Waals surface area contributed by atoms with Crippen LogP contribution in [-0.4, -0.2) is 41.4 Å². The van der Waals surface area contributed by atoms with E-state index >= 15 is 0 Å². The summed E-state index contributed by atoms with van der Waals surface area (Å²) in [5.74, 6) is -3.37. The molecule has 114 valence electrons. The van der Waals surface area contributed by atoms with Crippen LogP contribution in [0.3, 0.4) is 0 Å². The zero-order valence-electron chi connectivity index (χ0n) is 11.4. The largest absolute Gasteiger partial charge is 0.334 e. The maximum atomic E-state index is 14.1. The molecule has 1 heterocycles. The number of nitrogens with zero attached hydrogens (tertiary/aromatic N) is 2. The van der Waals surface area contributed by atoms with Gasteiger partial charge >= 0.3 is 5.69 Å². The first kappa shape index (κ1) is 15.3. The molecule has 1 amide bonds. The molecule has 1 unspecified atom stereocenters. The Labute approximate surface area is 119 Å². The summed E-state index contributed by atoms with van der Waals surface area (Å²) in [6.45, 7) is 3.22. The molecular formula is C13H15F2N3O3. The normalized spacial score (nSPS) is 17.8. The molecule has 21 heavy (non-hydrogen) atoms. The third-order valence-electron chi connectivity index (χ3n) is 3.56. The number of nitro groups is 1. The van der Waals surface area contributed by atoms with E-state index in [1.54, 1.807) is 6.92 Å². The second-order valence-corrected chi connectivity index (χ2v) is 4.75. The third kappa shape index (κ3) is 2.85. The lowest BCUT2D eigenvalue weighted by Crippen LogP contribution is -2.42. The van der Waals surface area contributed by atoms with E-state index in [4.69, 9.17) is 0 Å². The van der Waals surface area contributed by atoms with Crippen molar-refractivity contribution in [3.05, 3.63) is 39.4 Å². The number of nitro benzene ring substituents is 1. The Morgan fingerprint density at radius 1 is 1.52 bits per heavy atom. The lowest BCUT2D eigenvalue weighted by atomic mass is 10.1. The second kappa shape index (κ2) is 6.13. The molecule has 1 aromatic rings. The standard InChI is InChI=1S/C13H15F2N3O3/c1-2-17(8-5-6-16-7-8)13(19)11-9(14)3-4-10(12(11)15)18(20)21/h3-4,8,16H,2,5-7H2,1H3. The SMILES string of the molecule is CCN(C(=O)c1c(F)ccc([N+](=O)[O-])c1F)C1CCNC1. The number of hydrogen-bond donors (Lipinski definition) is 1. The fraction of sp³-hybridized carbons (Fsp3) is 0.462. The van der Waals surface area contributed by atoms with E-state index in [1.165, 1.54) is 4.90 Å². The highest BCUT2D eigenvalue weighted by atomic mass is 19.1. The predicted octanol–water partition coefficient (Wildman–Crippen LogP) is 1.70. The summed E-state index contributed by atoms with van der Waals surface area (Å²) < 4.78 is 27.9. The Bertz CT molecular complexity index is 574. The smallest absolute Gasteiger partial charge is 0.305 e. The molecule has 0 radical (unpaired) electrons. The van der Waals surface area contributed by atoms with E-state index in [1.807, 2.05) is 0 Å². The van der Waals surface area contributed by atoms with Crippen molar-refractivity contribution in [1.82, 2.24) is 10.2 Å². The zero-order valence-corrected chi connectivity index (χ0v) is 11.4. The molecule has 1 aromatic carbocycles. The molecule has 0 aromatic heterocycles. The van der Waals surface area contributed by atoms with Gasteiger partial charge in [-0.15, -0.1) is 0 Å². The van der Waals surface area contributed by atoms with Gasteiger partial charge in [-0.3, -0.25) is 14.9 Å². The van der Waals surface area contributed by atoms with Crippen molar-refractivity contribution in [3.8, 4) is 0 Å². The van der Waals surface area contributed by atoms with Crippen LogP contribution in [0.4, 0.5) is 14.5 Å². The van der Waals surface area contributed by atoms with Gasteiger partial charge in [0.25, 0.3) is 5.91 Å². The Morgan fingerprint density at radius 3 is 2.76 bits per heavy atom. The number of likely N-dealkylation sites (N-methyl/N-ethyl adjacent to an activating group) is 1. The van der Waals surface area contributed by atoms with Crippen LogP contribution in [0.5, 0.6) is 0 Å². The van der Waals surface area contributed by atoms with Crippen LogP contribution >= 0.6 is 0 Å². The number of nitrogens with one attached hydrogen (secondary N) is 1. The van der Waals surface area contributed by atoms with Gasteiger partial charge in [-0.2, -0.15) is 4.39 Å². The van der Waals surface area contributed by atoms with Crippen molar-refractivity contribution in [3.63, 3.8) is 0 Å². The fourth-order valence-corrected chi connectivity index (χ4v) is 2.50. The van der Waals surface area contributed by atoms with Gasteiger partial charge in [0.2, 0.25) is 5.82 Å². The maximum Gasteiger partial charge on any atom is 0.305 e. The first-order chi connectivity index (χ1) is 9.97. The number of hydrogen-bond acceptors (Lipinski definition) is 4. The maximum absolute atomic E-state index is 14.1. The lowest BCUT2D eigenvalue weighted by Gasteiger charge is -2.27. The molecular weight excluding hydrogens is 284 g/mol. The molecule has 0 aliphatic carbocycles. The van der Waals surface area contributed by atoms with Gasteiger partial charge in [-0.25, -0.2) is 4.39 Å². The van der Waals surface area contributed by atoms with Crippen LogP contribution in [0, 0.1) is 21.7 Å².